The summed E-state index contributed by atoms with van der Waals surface area (Å²) in [5.74, 6) is -0.566. The number of esters is 1. The van der Waals surface area contributed by atoms with E-state index in [-0.39, 0.29) is 5.75 Å². The summed E-state index contributed by atoms with van der Waals surface area (Å²) in [4.78, 5) is 24.5. The number of ether oxygens (including phenoxy) is 2. The SMILES string of the molecule is C[C@@H](Oc1cccc(F)c1)C(=O)OCC(=O)Nc1cc(C2CC2)nn1-c1ccccc1. The van der Waals surface area contributed by atoms with Gasteiger partial charge in [-0.3, -0.25) is 4.79 Å². The average molecular weight is 423 g/mol. The number of nitrogens with one attached hydrogen (secondary N) is 1. The largest absolute Gasteiger partial charge is 0.479 e. The lowest BCUT2D eigenvalue weighted by atomic mass is 10.3. The van der Waals surface area contributed by atoms with Crippen LogP contribution in [0.3, 0.4) is 0 Å². The number of hydrogen-bond donors (Lipinski definition) is 1. The van der Waals surface area contributed by atoms with Crippen LogP contribution in [-0.2, 0) is 14.3 Å². The van der Waals surface area contributed by atoms with Gasteiger partial charge in [0, 0.05) is 18.1 Å². The van der Waals surface area contributed by atoms with Crippen molar-refractivity contribution >= 4 is 17.7 Å². The van der Waals surface area contributed by atoms with Gasteiger partial charge in [0.05, 0.1) is 11.4 Å². The first-order valence-corrected chi connectivity index (χ1v) is 10.0. The van der Waals surface area contributed by atoms with Gasteiger partial charge in [0.15, 0.2) is 12.7 Å². The lowest BCUT2D eigenvalue weighted by Crippen LogP contribution is -2.30. The van der Waals surface area contributed by atoms with Crippen molar-refractivity contribution in [3.05, 3.63) is 72.2 Å². The Morgan fingerprint density at radius 1 is 1.16 bits per heavy atom. The number of amides is 1. The van der Waals surface area contributed by atoms with Crippen molar-refractivity contribution in [1.82, 2.24) is 9.78 Å². The summed E-state index contributed by atoms with van der Waals surface area (Å²) in [6.07, 6.45) is 1.17. The van der Waals surface area contributed by atoms with Gasteiger partial charge in [-0.15, -0.1) is 0 Å². The standard InChI is InChI=1S/C23H22FN3O4/c1-15(31-19-9-5-6-17(24)12-19)23(29)30-14-22(28)25-21-13-20(16-10-11-16)26-27(21)18-7-3-2-4-8-18/h2-9,12-13,15-16H,10-11,14H2,1H3,(H,25,28)/t15-/m1/s1. The molecule has 1 amide bonds. The molecule has 1 fully saturated rings. The first-order valence-electron chi connectivity index (χ1n) is 10.0. The molecule has 7 nitrogen and oxygen atoms in total. The number of anilines is 1. The van der Waals surface area contributed by atoms with E-state index < -0.39 is 30.4 Å². The Bertz CT molecular complexity index is 1080. The third-order valence-electron chi connectivity index (χ3n) is 4.78. The molecule has 2 aromatic carbocycles. The molecule has 8 heteroatoms. The molecule has 160 valence electrons. The van der Waals surface area contributed by atoms with Gasteiger partial charge in [-0.25, -0.2) is 13.9 Å². The zero-order valence-corrected chi connectivity index (χ0v) is 17.0. The first-order chi connectivity index (χ1) is 15.0. The van der Waals surface area contributed by atoms with E-state index in [1.807, 2.05) is 36.4 Å². The highest BCUT2D eigenvalue weighted by Crippen LogP contribution is 2.40. The lowest BCUT2D eigenvalue weighted by Gasteiger charge is -2.14. The second-order valence-corrected chi connectivity index (χ2v) is 7.35. The maximum atomic E-state index is 13.2. The maximum Gasteiger partial charge on any atom is 0.347 e. The minimum Gasteiger partial charge on any atom is -0.479 e. The van der Waals surface area contributed by atoms with Gasteiger partial charge < -0.3 is 14.8 Å². The molecule has 31 heavy (non-hydrogen) atoms. The Balaban J connectivity index is 1.36. The number of rotatable bonds is 8. The number of carbonyl (C=O) groups is 2. The van der Waals surface area contributed by atoms with E-state index in [1.54, 1.807) is 4.68 Å². The molecule has 4 rings (SSSR count). The number of carbonyl (C=O) groups excluding carboxylic acids is 2. The van der Waals surface area contributed by atoms with Gasteiger partial charge in [-0.05, 0) is 44.0 Å². The van der Waals surface area contributed by atoms with E-state index in [0.29, 0.717) is 11.7 Å². The van der Waals surface area contributed by atoms with E-state index in [9.17, 15) is 14.0 Å². The number of benzene rings is 2. The van der Waals surface area contributed by atoms with Crippen molar-refractivity contribution in [2.75, 3.05) is 11.9 Å². The molecule has 0 unspecified atom stereocenters. The molecule has 3 aromatic rings. The molecule has 0 aliphatic heterocycles. The summed E-state index contributed by atoms with van der Waals surface area (Å²) in [6, 6.07) is 16.8. The van der Waals surface area contributed by atoms with E-state index in [2.05, 4.69) is 10.4 Å². The summed E-state index contributed by atoms with van der Waals surface area (Å²) < 4.78 is 25.3. The van der Waals surface area contributed by atoms with Crippen LogP contribution < -0.4 is 10.1 Å². The van der Waals surface area contributed by atoms with Crippen molar-refractivity contribution in [3.8, 4) is 11.4 Å². The Morgan fingerprint density at radius 3 is 2.65 bits per heavy atom. The highest BCUT2D eigenvalue weighted by atomic mass is 19.1. The van der Waals surface area contributed by atoms with Crippen molar-refractivity contribution in [1.29, 1.82) is 0 Å². The van der Waals surface area contributed by atoms with E-state index in [0.717, 1.165) is 24.2 Å². The highest BCUT2D eigenvalue weighted by Gasteiger charge is 2.28. The molecule has 1 saturated carbocycles. The van der Waals surface area contributed by atoms with Gasteiger partial charge in [0.1, 0.15) is 17.4 Å². The molecule has 0 bridgehead atoms. The normalized spacial score (nSPS) is 14.0. The van der Waals surface area contributed by atoms with Crippen molar-refractivity contribution < 1.29 is 23.5 Å². The van der Waals surface area contributed by atoms with E-state index >= 15 is 0 Å². The summed E-state index contributed by atoms with van der Waals surface area (Å²) >= 11 is 0. The molecule has 0 saturated heterocycles. The van der Waals surface area contributed by atoms with Crippen molar-refractivity contribution in [2.45, 2.75) is 31.8 Å². The van der Waals surface area contributed by atoms with E-state index in [1.165, 1.54) is 31.2 Å². The molecule has 1 heterocycles. The number of nitrogens with zero attached hydrogens (tertiary/aromatic N) is 2. The molecular weight excluding hydrogens is 401 g/mol. The lowest BCUT2D eigenvalue weighted by molar-refractivity contribution is -0.153. The van der Waals surface area contributed by atoms with Crippen LogP contribution >= 0.6 is 0 Å². The first kappa shape index (κ1) is 20.6. The highest BCUT2D eigenvalue weighted by molar-refractivity contribution is 5.92. The average Bonchev–Trinajstić information content (AvgIpc) is 3.53. The smallest absolute Gasteiger partial charge is 0.347 e. The molecule has 0 spiro atoms. The molecule has 1 N–H and O–H groups in total. The molecule has 1 atom stereocenters. The Morgan fingerprint density at radius 2 is 1.94 bits per heavy atom. The van der Waals surface area contributed by atoms with Gasteiger partial charge in [-0.1, -0.05) is 24.3 Å². The number of halogens is 1. The number of para-hydroxylation sites is 1. The summed E-state index contributed by atoms with van der Waals surface area (Å²) in [6.45, 7) is 0.992. The summed E-state index contributed by atoms with van der Waals surface area (Å²) in [5.41, 5.74) is 1.74. The Kier molecular flexibility index (Phi) is 5.97. The Hall–Kier alpha value is -3.68. The van der Waals surface area contributed by atoms with Gasteiger partial charge in [-0.2, -0.15) is 5.10 Å². The third-order valence-corrected chi connectivity index (χ3v) is 4.78. The fourth-order valence-corrected chi connectivity index (χ4v) is 3.06. The minimum absolute atomic E-state index is 0.202. The van der Waals surface area contributed by atoms with Gasteiger partial charge in [0.25, 0.3) is 5.91 Å². The number of aromatic nitrogens is 2. The summed E-state index contributed by atoms with van der Waals surface area (Å²) in [7, 11) is 0. The minimum atomic E-state index is -0.995. The van der Waals surface area contributed by atoms with Crippen LogP contribution in [0.15, 0.2) is 60.7 Å². The van der Waals surface area contributed by atoms with Crippen molar-refractivity contribution in [3.63, 3.8) is 0 Å². The zero-order valence-electron chi connectivity index (χ0n) is 17.0. The molecule has 1 aliphatic rings. The molecular formula is C23H22FN3O4. The second-order valence-electron chi connectivity index (χ2n) is 7.35. The van der Waals surface area contributed by atoms with Gasteiger partial charge in [0.2, 0.25) is 0 Å². The van der Waals surface area contributed by atoms with Crippen LogP contribution in [0, 0.1) is 5.82 Å². The quantitative estimate of drug-likeness (QED) is 0.557. The van der Waals surface area contributed by atoms with Crippen LogP contribution in [-0.4, -0.2) is 34.4 Å². The van der Waals surface area contributed by atoms with Crippen LogP contribution in [0.2, 0.25) is 0 Å². The maximum absolute atomic E-state index is 13.2. The topological polar surface area (TPSA) is 82.4 Å². The molecule has 1 aromatic heterocycles. The van der Waals surface area contributed by atoms with Crippen LogP contribution in [0.4, 0.5) is 10.2 Å². The van der Waals surface area contributed by atoms with Crippen LogP contribution in [0.25, 0.3) is 5.69 Å². The number of hydrogen-bond acceptors (Lipinski definition) is 5. The Labute approximate surface area is 178 Å². The molecule has 0 radical (unpaired) electrons. The molecule has 1 aliphatic carbocycles. The monoisotopic (exact) mass is 423 g/mol. The second kappa shape index (κ2) is 8.99. The van der Waals surface area contributed by atoms with Crippen LogP contribution in [0.1, 0.15) is 31.4 Å². The predicted octanol–water partition coefficient (Wildman–Crippen LogP) is 3.84. The van der Waals surface area contributed by atoms with Crippen LogP contribution in [0.5, 0.6) is 5.75 Å². The summed E-state index contributed by atoms with van der Waals surface area (Å²) in [5, 5.41) is 7.37. The van der Waals surface area contributed by atoms with Gasteiger partial charge >= 0.3 is 5.97 Å². The predicted molar refractivity (Wildman–Crippen MR) is 112 cm³/mol. The van der Waals surface area contributed by atoms with Crippen molar-refractivity contribution in [2.24, 2.45) is 0 Å². The van der Waals surface area contributed by atoms with E-state index in [4.69, 9.17) is 9.47 Å². The zero-order chi connectivity index (χ0) is 21.8. The third kappa shape index (κ3) is 5.28. The fraction of sp³-hybridized carbons (Fsp3) is 0.261. The fourth-order valence-electron chi connectivity index (χ4n) is 3.06.